The lowest BCUT2D eigenvalue weighted by Gasteiger charge is -2.30. The Morgan fingerprint density at radius 3 is 2.21 bits per heavy atom. The first-order chi connectivity index (χ1) is 11.8. The van der Waals surface area contributed by atoms with E-state index in [1.54, 1.807) is 0 Å². The summed E-state index contributed by atoms with van der Waals surface area (Å²) in [6.07, 6.45) is 2.74. The molecule has 24 heavy (non-hydrogen) atoms. The fraction of sp³-hybridized carbons (Fsp3) is 0.333. The van der Waals surface area contributed by atoms with Crippen molar-refractivity contribution in [2.75, 3.05) is 6.54 Å². The highest BCUT2D eigenvalue weighted by molar-refractivity contribution is 6.00. The van der Waals surface area contributed by atoms with Crippen molar-refractivity contribution in [3.63, 3.8) is 0 Å². The Kier molecular flexibility index (Phi) is 4.66. The normalized spacial score (nSPS) is 13.7. The van der Waals surface area contributed by atoms with Crippen LogP contribution in [0.15, 0.2) is 48.5 Å². The fourth-order valence-corrected chi connectivity index (χ4v) is 3.77. The molecule has 2 aromatic rings. The van der Waals surface area contributed by atoms with E-state index in [2.05, 4.69) is 42.6 Å². The van der Waals surface area contributed by atoms with E-state index in [4.69, 9.17) is 5.26 Å². The lowest BCUT2D eigenvalue weighted by Crippen LogP contribution is -2.44. The molecule has 2 aromatic carbocycles. The van der Waals surface area contributed by atoms with Gasteiger partial charge < -0.3 is 5.32 Å². The smallest absolute Gasteiger partial charge is 0.235 e. The van der Waals surface area contributed by atoms with Gasteiger partial charge in [0.15, 0.2) is 0 Å². The Labute approximate surface area is 143 Å². The highest BCUT2D eigenvalue weighted by Gasteiger charge is 2.48. The standard InChI is InChI=1S/C21H22N2O/c1-2-15-23-20(24)21(13-7-8-14-22)18-11-5-3-9-16(18)17-10-4-6-12-19(17)21/h3-6,9-12H,2,7-8,13,15H2,1H3,(H,23,24). The molecule has 1 aliphatic rings. The van der Waals surface area contributed by atoms with Gasteiger partial charge in [0.25, 0.3) is 0 Å². The van der Waals surface area contributed by atoms with Crippen LogP contribution in [0, 0.1) is 11.3 Å². The molecule has 0 aliphatic heterocycles. The largest absolute Gasteiger partial charge is 0.355 e. The molecule has 0 radical (unpaired) electrons. The molecule has 0 saturated carbocycles. The zero-order chi connectivity index (χ0) is 17.0. The maximum atomic E-state index is 13.3. The molecule has 0 aromatic heterocycles. The molecule has 0 saturated heterocycles. The van der Waals surface area contributed by atoms with E-state index in [-0.39, 0.29) is 5.91 Å². The number of nitrogens with one attached hydrogen (secondary N) is 1. The average molecular weight is 318 g/mol. The Morgan fingerprint density at radius 2 is 1.67 bits per heavy atom. The van der Waals surface area contributed by atoms with E-state index in [9.17, 15) is 4.79 Å². The summed E-state index contributed by atoms with van der Waals surface area (Å²) in [6.45, 7) is 2.72. The zero-order valence-electron chi connectivity index (χ0n) is 14.0. The minimum Gasteiger partial charge on any atom is -0.355 e. The number of fused-ring (bicyclic) bond motifs is 3. The number of hydrogen-bond acceptors (Lipinski definition) is 2. The van der Waals surface area contributed by atoms with Gasteiger partial charge in [-0.05, 0) is 41.5 Å². The molecule has 3 heteroatoms. The minimum absolute atomic E-state index is 0.0553. The maximum absolute atomic E-state index is 13.3. The third kappa shape index (κ3) is 2.49. The summed E-state index contributed by atoms with van der Waals surface area (Å²) in [4.78, 5) is 13.3. The van der Waals surface area contributed by atoms with Gasteiger partial charge >= 0.3 is 0 Å². The van der Waals surface area contributed by atoms with Gasteiger partial charge in [0.1, 0.15) is 5.41 Å². The second-order valence-corrected chi connectivity index (χ2v) is 6.26. The number of hydrogen-bond donors (Lipinski definition) is 1. The van der Waals surface area contributed by atoms with Crippen LogP contribution >= 0.6 is 0 Å². The second-order valence-electron chi connectivity index (χ2n) is 6.26. The Balaban J connectivity index is 2.16. The van der Waals surface area contributed by atoms with Crippen LogP contribution in [0.5, 0.6) is 0 Å². The topological polar surface area (TPSA) is 52.9 Å². The van der Waals surface area contributed by atoms with Crippen molar-refractivity contribution in [1.29, 1.82) is 5.26 Å². The molecule has 0 bridgehead atoms. The van der Waals surface area contributed by atoms with E-state index >= 15 is 0 Å². The summed E-state index contributed by atoms with van der Waals surface area (Å²) in [5, 5.41) is 12.0. The summed E-state index contributed by atoms with van der Waals surface area (Å²) < 4.78 is 0. The molecule has 0 atom stereocenters. The zero-order valence-corrected chi connectivity index (χ0v) is 14.0. The van der Waals surface area contributed by atoms with Gasteiger partial charge in [-0.2, -0.15) is 5.26 Å². The summed E-state index contributed by atoms with van der Waals surface area (Å²) in [5.74, 6) is 0.0553. The van der Waals surface area contributed by atoms with Crippen molar-refractivity contribution >= 4 is 5.91 Å². The highest BCUT2D eigenvalue weighted by atomic mass is 16.2. The molecule has 122 valence electrons. The van der Waals surface area contributed by atoms with E-state index in [0.29, 0.717) is 25.8 Å². The summed E-state index contributed by atoms with van der Waals surface area (Å²) in [5.41, 5.74) is 3.73. The monoisotopic (exact) mass is 318 g/mol. The van der Waals surface area contributed by atoms with Crippen molar-refractivity contribution in [3.8, 4) is 17.2 Å². The van der Waals surface area contributed by atoms with Gasteiger partial charge in [-0.15, -0.1) is 0 Å². The van der Waals surface area contributed by atoms with Gasteiger partial charge in [-0.1, -0.05) is 55.5 Å². The van der Waals surface area contributed by atoms with Crippen LogP contribution in [0.1, 0.15) is 43.7 Å². The third-order valence-corrected chi connectivity index (χ3v) is 4.83. The van der Waals surface area contributed by atoms with E-state index in [0.717, 1.165) is 28.7 Å². The highest BCUT2D eigenvalue weighted by Crippen LogP contribution is 2.51. The molecule has 1 amide bonds. The number of benzene rings is 2. The molecule has 3 rings (SSSR count). The third-order valence-electron chi connectivity index (χ3n) is 4.83. The molecule has 1 aliphatic carbocycles. The van der Waals surface area contributed by atoms with Gasteiger partial charge in [-0.25, -0.2) is 0 Å². The Morgan fingerprint density at radius 1 is 1.08 bits per heavy atom. The SMILES string of the molecule is CCCNC(=O)C1(CCCC#N)c2ccccc2-c2ccccc21. The molecule has 0 spiro atoms. The van der Waals surface area contributed by atoms with Crippen molar-refractivity contribution in [2.45, 2.75) is 38.0 Å². The van der Waals surface area contributed by atoms with Crippen LogP contribution in [-0.4, -0.2) is 12.5 Å². The second kappa shape index (κ2) is 6.88. The first-order valence-electron chi connectivity index (χ1n) is 8.60. The molecular weight excluding hydrogens is 296 g/mol. The van der Waals surface area contributed by atoms with Crippen LogP contribution in [0.3, 0.4) is 0 Å². The summed E-state index contributed by atoms with van der Waals surface area (Å²) in [7, 11) is 0. The fourth-order valence-electron chi connectivity index (χ4n) is 3.77. The van der Waals surface area contributed by atoms with Gasteiger partial charge in [-0.3, -0.25) is 4.79 Å². The van der Waals surface area contributed by atoms with Gasteiger partial charge in [0.2, 0.25) is 5.91 Å². The number of nitriles is 1. The number of rotatable bonds is 6. The molecule has 0 fully saturated rings. The van der Waals surface area contributed by atoms with Crippen molar-refractivity contribution in [2.24, 2.45) is 0 Å². The maximum Gasteiger partial charge on any atom is 0.235 e. The number of amides is 1. The molecule has 0 unspecified atom stereocenters. The predicted molar refractivity (Wildman–Crippen MR) is 95.4 cm³/mol. The predicted octanol–water partition coefficient (Wildman–Crippen LogP) is 4.17. The molecule has 0 heterocycles. The van der Waals surface area contributed by atoms with E-state index in [1.165, 1.54) is 0 Å². The van der Waals surface area contributed by atoms with Crippen LogP contribution in [0.4, 0.5) is 0 Å². The first kappa shape index (κ1) is 16.3. The van der Waals surface area contributed by atoms with Crippen LogP contribution < -0.4 is 5.32 Å². The number of carbonyl (C=O) groups is 1. The van der Waals surface area contributed by atoms with E-state index in [1.807, 2.05) is 24.3 Å². The average Bonchev–Trinajstić information content (AvgIpc) is 2.92. The van der Waals surface area contributed by atoms with Crippen molar-refractivity contribution < 1.29 is 4.79 Å². The minimum atomic E-state index is -0.681. The number of carbonyl (C=O) groups excluding carboxylic acids is 1. The molecule has 3 nitrogen and oxygen atoms in total. The van der Waals surface area contributed by atoms with Crippen LogP contribution in [0.2, 0.25) is 0 Å². The quantitative estimate of drug-likeness (QED) is 0.813. The summed E-state index contributed by atoms with van der Waals surface area (Å²) in [6, 6.07) is 18.5. The van der Waals surface area contributed by atoms with Crippen molar-refractivity contribution in [3.05, 3.63) is 59.7 Å². The van der Waals surface area contributed by atoms with Gasteiger partial charge in [0.05, 0.1) is 6.07 Å². The van der Waals surface area contributed by atoms with Crippen molar-refractivity contribution in [1.82, 2.24) is 5.32 Å². The lowest BCUT2D eigenvalue weighted by molar-refractivity contribution is -0.125. The number of nitrogens with zero attached hydrogens (tertiary/aromatic N) is 1. The van der Waals surface area contributed by atoms with Crippen LogP contribution in [-0.2, 0) is 10.2 Å². The lowest BCUT2D eigenvalue weighted by atomic mass is 9.73. The first-order valence-corrected chi connectivity index (χ1v) is 8.60. The molecular formula is C21H22N2O. The molecule has 1 N–H and O–H groups in total. The Hall–Kier alpha value is -2.60. The van der Waals surface area contributed by atoms with Gasteiger partial charge in [0, 0.05) is 13.0 Å². The summed E-state index contributed by atoms with van der Waals surface area (Å²) >= 11 is 0. The van der Waals surface area contributed by atoms with Crippen LogP contribution in [0.25, 0.3) is 11.1 Å². The van der Waals surface area contributed by atoms with E-state index < -0.39 is 5.41 Å². The Bertz CT molecular complexity index is 743. The number of unbranched alkanes of at least 4 members (excludes halogenated alkanes) is 1.